The molecule has 5 nitrogen and oxygen atoms in total. The van der Waals surface area contributed by atoms with Gasteiger partial charge in [0.15, 0.2) is 0 Å². The number of halogens is 2. The van der Waals surface area contributed by atoms with Crippen LogP contribution in [0.15, 0.2) is 111 Å². The molecular weight excluding hydrogens is 558 g/mol. The molecule has 0 atom stereocenters. The molecule has 0 amide bonds. The van der Waals surface area contributed by atoms with Crippen molar-refractivity contribution in [2.75, 3.05) is 0 Å². The molecule has 0 bridgehead atoms. The third-order valence-electron chi connectivity index (χ3n) is 4.92. The van der Waals surface area contributed by atoms with E-state index < -0.39 is 36.2 Å². The van der Waals surface area contributed by atoms with Crippen LogP contribution in [0, 0.1) is 13.0 Å². The van der Waals surface area contributed by atoms with Crippen LogP contribution in [0.5, 0.6) is 0 Å². The van der Waals surface area contributed by atoms with Gasteiger partial charge in [-0.15, -0.1) is 0 Å². The van der Waals surface area contributed by atoms with Gasteiger partial charge in [-0.05, 0) is 0 Å². The Balaban J connectivity index is 1.65. The van der Waals surface area contributed by atoms with Crippen molar-refractivity contribution in [3.05, 3.63) is 120 Å². The molecule has 0 fully saturated rings. The van der Waals surface area contributed by atoms with Crippen LogP contribution in [0.25, 0.3) is 21.9 Å². The molecule has 1 heterocycles. The van der Waals surface area contributed by atoms with Gasteiger partial charge >= 0.3 is 197 Å². The molecule has 0 saturated heterocycles. The summed E-state index contributed by atoms with van der Waals surface area (Å²) in [6.07, 6.45) is 0. The van der Waals surface area contributed by atoms with E-state index in [2.05, 4.69) is 0 Å². The van der Waals surface area contributed by atoms with Crippen LogP contribution >= 0.6 is 20.2 Å². The van der Waals surface area contributed by atoms with Gasteiger partial charge in [0.1, 0.15) is 0 Å². The van der Waals surface area contributed by atoms with Crippen molar-refractivity contribution in [2.24, 2.45) is 0 Å². The Hall–Kier alpha value is -3.08. The monoisotopic (exact) mass is 574 g/mol. The number of fused-ring (bicyclic) bond motifs is 2. The molecule has 0 N–H and O–H groups in total. The van der Waals surface area contributed by atoms with Crippen LogP contribution < -0.4 is 5.43 Å². The fourth-order valence-electron chi connectivity index (χ4n) is 3.33. The predicted octanol–water partition coefficient (Wildman–Crippen LogP) is 5.95. The molecule has 0 aliphatic rings. The average Bonchev–Trinajstić information content (AvgIpc) is 2.83. The zero-order valence-corrected chi connectivity index (χ0v) is 19.9. The second-order valence-electron chi connectivity index (χ2n) is 7.08. The van der Waals surface area contributed by atoms with E-state index in [1.807, 2.05) is 6.07 Å². The predicted molar refractivity (Wildman–Crippen MR) is 133 cm³/mol. The first kappa shape index (κ1) is 21.7. The summed E-state index contributed by atoms with van der Waals surface area (Å²) in [5.74, 6) is -0.541. The average molecular weight is 574 g/mol. The molecular formula is C25H16FIO5S. The Morgan fingerprint density at radius 2 is 1.39 bits per heavy atom. The Bertz CT molecular complexity index is 1630. The second kappa shape index (κ2) is 8.69. The molecule has 5 aromatic rings. The maximum absolute atomic E-state index is 13.3. The van der Waals surface area contributed by atoms with Gasteiger partial charge in [-0.2, -0.15) is 0 Å². The molecule has 4 aromatic carbocycles. The molecule has 166 valence electrons. The van der Waals surface area contributed by atoms with Crippen molar-refractivity contribution in [2.45, 2.75) is 4.90 Å². The molecule has 0 saturated carbocycles. The first-order valence-corrected chi connectivity index (χ1v) is 14.3. The standard InChI is InChI=1S/C25H16FIO5S/c26-17-10-13-20(14-11-17)33(29,30)32-27(18-6-2-1-3-7-18)19-12-15-24-22(16-19)25(28)21-8-4-5-9-23(21)31-24/h1-16H. The first-order chi connectivity index (χ1) is 15.9. The molecule has 33 heavy (non-hydrogen) atoms. The van der Waals surface area contributed by atoms with Crippen molar-refractivity contribution in [1.29, 1.82) is 0 Å². The van der Waals surface area contributed by atoms with Crippen LogP contribution in [0.1, 0.15) is 0 Å². The quantitative estimate of drug-likeness (QED) is 0.192. The summed E-state index contributed by atoms with van der Waals surface area (Å²) in [5.41, 5.74) is 0.697. The van der Waals surface area contributed by atoms with Gasteiger partial charge in [-0.1, -0.05) is 0 Å². The molecule has 0 unspecified atom stereocenters. The van der Waals surface area contributed by atoms with Crippen LogP contribution in [0.4, 0.5) is 4.39 Å². The van der Waals surface area contributed by atoms with Gasteiger partial charge in [0.25, 0.3) is 0 Å². The third kappa shape index (κ3) is 4.29. The topological polar surface area (TPSA) is 73.6 Å². The Kier molecular flexibility index (Phi) is 5.73. The van der Waals surface area contributed by atoms with Gasteiger partial charge in [-0.25, -0.2) is 0 Å². The fourth-order valence-corrected chi connectivity index (χ4v) is 10.4. The molecule has 0 aliphatic carbocycles. The summed E-state index contributed by atoms with van der Waals surface area (Å²) in [5, 5.41) is 0.800. The van der Waals surface area contributed by atoms with Crippen molar-refractivity contribution in [3.63, 3.8) is 0 Å². The van der Waals surface area contributed by atoms with E-state index in [0.29, 0.717) is 25.5 Å². The van der Waals surface area contributed by atoms with E-state index >= 15 is 0 Å². The van der Waals surface area contributed by atoms with E-state index in [4.69, 9.17) is 6.93 Å². The molecule has 0 spiro atoms. The molecule has 1 aromatic heterocycles. The number of benzene rings is 4. The summed E-state index contributed by atoms with van der Waals surface area (Å²) in [4.78, 5) is 13.0. The summed E-state index contributed by atoms with van der Waals surface area (Å²) in [6, 6.07) is 25.6. The zero-order chi connectivity index (χ0) is 23.0. The maximum atomic E-state index is 13.3. The molecule has 5 rings (SSSR count). The Morgan fingerprint density at radius 1 is 0.727 bits per heavy atom. The summed E-state index contributed by atoms with van der Waals surface area (Å²) < 4.78 is 52.3. The van der Waals surface area contributed by atoms with Gasteiger partial charge in [0, 0.05) is 0 Å². The number of hydrogen-bond donors (Lipinski definition) is 0. The van der Waals surface area contributed by atoms with Crippen LogP contribution in [-0.2, 0) is 12.6 Å². The summed E-state index contributed by atoms with van der Waals surface area (Å²) in [6.45, 7) is 0. The van der Waals surface area contributed by atoms with Gasteiger partial charge in [-0.3, -0.25) is 0 Å². The zero-order valence-electron chi connectivity index (χ0n) is 16.9. The number of para-hydroxylation sites is 1. The van der Waals surface area contributed by atoms with Crippen molar-refractivity contribution in [3.8, 4) is 0 Å². The first-order valence-electron chi connectivity index (χ1n) is 9.84. The van der Waals surface area contributed by atoms with E-state index in [1.165, 1.54) is 12.1 Å². The van der Waals surface area contributed by atoms with Crippen molar-refractivity contribution in [1.82, 2.24) is 0 Å². The minimum atomic E-state index is -4.17. The summed E-state index contributed by atoms with van der Waals surface area (Å²) in [7, 11) is -4.17. The molecule has 0 aliphatic heterocycles. The van der Waals surface area contributed by atoms with Crippen LogP contribution in [0.3, 0.4) is 0 Å². The number of hydrogen-bond acceptors (Lipinski definition) is 5. The summed E-state index contributed by atoms with van der Waals surface area (Å²) >= 11 is -3.04. The van der Waals surface area contributed by atoms with E-state index in [0.717, 1.165) is 15.7 Å². The fraction of sp³-hybridized carbons (Fsp3) is 0. The third-order valence-corrected chi connectivity index (χ3v) is 12.2. The van der Waals surface area contributed by atoms with Gasteiger partial charge in [0.05, 0.1) is 0 Å². The second-order valence-corrected chi connectivity index (χ2v) is 13.6. The SMILES string of the molecule is O=c1c2ccccc2oc2ccc(I(OS(=O)(=O)c3ccc(F)cc3)c3ccccc3)cc12. The number of rotatable bonds is 5. The van der Waals surface area contributed by atoms with E-state index in [9.17, 15) is 17.6 Å². The molecule has 8 heteroatoms. The van der Waals surface area contributed by atoms with Gasteiger partial charge < -0.3 is 0 Å². The van der Waals surface area contributed by atoms with Gasteiger partial charge in [0.2, 0.25) is 0 Å². The van der Waals surface area contributed by atoms with Crippen molar-refractivity contribution < 1.29 is 19.7 Å². The van der Waals surface area contributed by atoms with Crippen LogP contribution in [-0.4, -0.2) is 8.42 Å². The van der Waals surface area contributed by atoms with Crippen molar-refractivity contribution >= 4 is 52.3 Å². The Labute approximate surface area is 196 Å². The van der Waals surface area contributed by atoms with E-state index in [-0.39, 0.29) is 10.3 Å². The van der Waals surface area contributed by atoms with Crippen LogP contribution in [0.2, 0.25) is 0 Å². The Morgan fingerprint density at radius 3 is 2.15 bits per heavy atom. The molecule has 0 radical (unpaired) electrons. The van der Waals surface area contributed by atoms with E-state index in [1.54, 1.807) is 66.7 Å². The normalized spacial score (nSPS) is 12.2. The minimum absolute atomic E-state index is 0.131.